The Hall–Kier alpha value is -1.16. The summed E-state index contributed by atoms with van der Waals surface area (Å²) in [5, 5.41) is 3.12. The SMILES string of the molecule is CCC1CCCN(c2cncc(CNC)n2)CC1. The van der Waals surface area contributed by atoms with Gasteiger partial charge in [-0.2, -0.15) is 0 Å². The molecule has 18 heavy (non-hydrogen) atoms. The summed E-state index contributed by atoms with van der Waals surface area (Å²) in [4.78, 5) is 11.4. The van der Waals surface area contributed by atoms with Crippen molar-refractivity contribution in [2.45, 2.75) is 39.2 Å². The lowest BCUT2D eigenvalue weighted by Crippen LogP contribution is -2.26. The van der Waals surface area contributed by atoms with E-state index in [0.717, 1.165) is 37.1 Å². The molecule has 2 rings (SSSR count). The quantitative estimate of drug-likeness (QED) is 0.887. The first-order valence-corrected chi connectivity index (χ1v) is 7.04. The molecule has 0 bridgehead atoms. The van der Waals surface area contributed by atoms with Crippen molar-refractivity contribution < 1.29 is 0 Å². The van der Waals surface area contributed by atoms with Crippen LogP contribution in [0.2, 0.25) is 0 Å². The van der Waals surface area contributed by atoms with Gasteiger partial charge in [0, 0.05) is 25.8 Å². The minimum absolute atomic E-state index is 0.784. The fraction of sp³-hybridized carbons (Fsp3) is 0.714. The molecule has 1 aliphatic rings. The standard InChI is InChI=1S/C14H24N4/c1-3-12-5-4-7-18(8-6-12)14-11-16-10-13(17-14)9-15-2/h10-12,15H,3-9H2,1-2H3. The van der Waals surface area contributed by atoms with Gasteiger partial charge in [-0.05, 0) is 32.2 Å². The van der Waals surface area contributed by atoms with E-state index in [-0.39, 0.29) is 0 Å². The van der Waals surface area contributed by atoms with E-state index in [1.54, 1.807) is 0 Å². The van der Waals surface area contributed by atoms with Crippen molar-refractivity contribution >= 4 is 5.82 Å². The number of hydrogen-bond donors (Lipinski definition) is 1. The van der Waals surface area contributed by atoms with Crippen LogP contribution >= 0.6 is 0 Å². The Kier molecular flexibility index (Phi) is 4.93. The molecule has 100 valence electrons. The molecule has 0 radical (unpaired) electrons. The molecule has 1 unspecified atom stereocenters. The molecule has 4 nitrogen and oxygen atoms in total. The highest BCUT2D eigenvalue weighted by Crippen LogP contribution is 2.23. The van der Waals surface area contributed by atoms with Crippen LogP contribution in [0.3, 0.4) is 0 Å². The van der Waals surface area contributed by atoms with Gasteiger partial charge in [0.25, 0.3) is 0 Å². The van der Waals surface area contributed by atoms with Gasteiger partial charge in [0.1, 0.15) is 5.82 Å². The first-order chi connectivity index (χ1) is 8.83. The molecule has 4 heteroatoms. The largest absolute Gasteiger partial charge is 0.355 e. The molecule has 0 amide bonds. The minimum Gasteiger partial charge on any atom is -0.355 e. The van der Waals surface area contributed by atoms with Crippen LogP contribution in [0.5, 0.6) is 0 Å². The molecular weight excluding hydrogens is 224 g/mol. The van der Waals surface area contributed by atoms with E-state index in [9.17, 15) is 0 Å². The molecule has 2 heterocycles. The number of aromatic nitrogens is 2. The monoisotopic (exact) mass is 248 g/mol. The van der Waals surface area contributed by atoms with Crippen molar-refractivity contribution in [1.82, 2.24) is 15.3 Å². The van der Waals surface area contributed by atoms with Gasteiger partial charge < -0.3 is 10.2 Å². The zero-order chi connectivity index (χ0) is 12.8. The molecule has 1 N–H and O–H groups in total. The predicted octanol–water partition coefficient (Wildman–Crippen LogP) is 2.21. The fourth-order valence-electron chi connectivity index (χ4n) is 2.62. The molecule has 1 saturated heterocycles. The lowest BCUT2D eigenvalue weighted by molar-refractivity contribution is 0.459. The van der Waals surface area contributed by atoms with E-state index in [1.165, 1.54) is 25.7 Å². The highest BCUT2D eigenvalue weighted by Gasteiger charge is 2.17. The summed E-state index contributed by atoms with van der Waals surface area (Å²) in [6.07, 6.45) is 8.96. The molecule has 1 atom stereocenters. The first kappa shape index (κ1) is 13.3. The Morgan fingerprint density at radius 1 is 1.33 bits per heavy atom. The van der Waals surface area contributed by atoms with Gasteiger partial charge in [0.05, 0.1) is 11.9 Å². The van der Waals surface area contributed by atoms with Gasteiger partial charge in [-0.1, -0.05) is 13.3 Å². The van der Waals surface area contributed by atoms with E-state index < -0.39 is 0 Å². The second kappa shape index (κ2) is 6.69. The highest BCUT2D eigenvalue weighted by atomic mass is 15.2. The molecule has 1 aliphatic heterocycles. The maximum atomic E-state index is 4.68. The summed E-state index contributed by atoms with van der Waals surface area (Å²) in [5.41, 5.74) is 1.02. The fourth-order valence-corrected chi connectivity index (χ4v) is 2.62. The maximum Gasteiger partial charge on any atom is 0.147 e. The molecule has 1 aromatic heterocycles. The topological polar surface area (TPSA) is 41.1 Å². The summed E-state index contributed by atoms with van der Waals surface area (Å²) < 4.78 is 0. The van der Waals surface area contributed by atoms with Crippen LogP contribution in [0.25, 0.3) is 0 Å². The van der Waals surface area contributed by atoms with E-state index in [2.05, 4.69) is 27.1 Å². The van der Waals surface area contributed by atoms with Crippen LogP contribution in [-0.4, -0.2) is 30.1 Å². The second-order valence-electron chi connectivity index (χ2n) is 5.09. The Morgan fingerprint density at radius 3 is 3.00 bits per heavy atom. The minimum atomic E-state index is 0.784. The molecule has 0 spiro atoms. The van der Waals surface area contributed by atoms with Gasteiger partial charge in [-0.3, -0.25) is 4.98 Å². The number of hydrogen-bond acceptors (Lipinski definition) is 4. The summed E-state index contributed by atoms with van der Waals surface area (Å²) in [6, 6.07) is 0. The van der Waals surface area contributed by atoms with E-state index in [1.807, 2.05) is 19.4 Å². The van der Waals surface area contributed by atoms with Gasteiger partial charge in [-0.25, -0.2) is 4.98 Å². The summed E-state index contributed by atoms with van der Waals surface area (Å²) in [7, 11) is 1.94. The molecule has 0 aromatic carbocycles. The number of rotatable bonds is 4. The van der Waals surface area contributed by atoms with Crippen LogP contribution in [0.1, 0.15) is 38.3 Å². The van der Waals surface area contributed by atoms with Gasteiger partial charge >= 0.3 is 0 Å². The third-order valence-corrected chi connectivity index (χ3v) is 3.78. The zero-order valence-corrected chi connectivity index (χ0v) is 11.5. The molecule has 0 aliphatic carbocycles. The molecular formula is C14H24N4. The van der Waals surface area contributed by atoms with Gasteiger partial charge in [0.2, 0.25) is 0 Å². The molecule has 1 aromatic rings. The number of anilines is 1. The lowest BCUT2D eigenvalue weighted by Gasteiger charge is -2.21. The Bertz CT molecular complexity index is 367. The van der Waals surface area contributed by atoms with Crippen molar-refractivity contribution in [3.05, 3.63) is 18.1 Å². The van der Waals surface area contributed by atoms with Crippen molar-refractivity contribution in [3.8, 4) is 0 Å². The lowest BCUT2D eigenvalue weighted by atomic mass is 9.98. The normalized spacial score (nSPS) is 20.8. The highest BCUT2D eigenvalue weighted by molar-refractivity contribution is 5.36. The zero-order valence-electron chi connectivity index (χ0n) is 11.5. The average molecular weight is 248 g/mol. The van der Waals surface area contributed by atoms with E-state index in [4.69, 9.17) is 0 Å². The van der Waals surface area contributed by atoms with Crippen LogP contribution in [0, 0.1) is 5.92 Å². The van der Waals surface area contributed by atoms with Crippen molar-refractivity contribution in [3.63, 3.8) is 0 Å². The average Bonchev–Trinajstić information content (AvgIpc) is 2.65. The van der Waals surface area contributed by atoms with Crippen LogP contribution in [0.15, 0.2) is 12.4 Å². The Labute approximate surface area is 110 Å². The van der Waals surface area contributed by atoms with Crippen molar-refractivity contribution in [2.24, 2.45) is 5.92 Å². The van der Waals surface area contributed by atoms with Crippen LogP contribution < -0.4 is 10.2 Å². The van der Waals surface area contributed by atoms with E-state index >= 15 is 0 Å². The van der Waals surface area contributed by atoms with E-state index in [0.29, 0.717) is 0 Å². The Balaban J connectivity index is 2.03. The third kappa shape index (κ3) is 3.42. The molecule has 1 fully saturated rings. The number of nitrogens with one attached hydrogen (secondary N) is 1. The summed E-state index contributed by atoms with van der Waals surface area (Å²) in [6.45, 7) is 5.32. The smallest absolute Gasteiger partial charge is 0.147 e. The molecule has 0 saturated carbocycles. The van der Waals surface area contributed by atoms with Crippen LogP contribution in [-0.2, 0) is 6.54 Å². The second-order valence-corrected chi connectivity index (χ2v) is 5.09. The maximum absolute atomic E-state index is 4.68. The predicted molar refractivity (Wildman–Crippen MR) is 74.6 cm³/mol. The Morgan fingerprint density at radius 2 is 2.22 bits per heavy atom. The number of nitrogens with zero attached hydrogens (tertiary/aromatic N) is 3. The summed E-state index contributed by atoms with van der Waals surface area (Å²) >= 11 is 0. The van der Waals surface area contributed by atoms with Gasteiger partial charge in [0.15, 0.2) is 0 Å². The van der Waals surface area contributed by atoms with Crippen molar-refractivity contribution in [1.29, 1.82) is 0 Å². The van der Waals surface area contributed by atoms with Crippen molar-refractivity contribution in [2.75, 3.05) is 25.0 Å². The van der Waals surface area contributed by atoms with Gasteiger partial charge in [-0.15, -0.1) is 0 Å². The summed E-state index contributed by atoms with van der Waals surface area (Å²) in [5.74, 6) is 1.93. The third-order valence-electron chi connectivity index (χ3n) is 3.78. The first-order valence-electron chi connectivity index (χ1n) is 7.04. The van der Waals surface area contributed by atoms with Crippen LogP contribution in [0.4, 0.5) is 5.82 Å².